The largest absolute Gasteiger partial charge is 0.325 e. The molecule has 214 valence electrons. The summed E-state index contributed by atoms with van der Waals surface area (Å²) in [6.07, 6.45) is 29.3. The van der Waals surface area contributed by atoms with Crippen LogP contribution in [0, 0.1) is 0 Å². The average molecular weight is 515 g/mol. The molecule has 0 radical (unpaired) electrons. The third kappa shape index (κ3) is 19.6. The first-order chi connectivity index (χ1) is 18.0. The van der Waals surface area contributed by atoms with E-state index in [0.29, 0.717) is 12.2 Å². The summed E-state index contributed by atoms with van der Waals surface area (Å²) in [4.78, 5) is 12.7. The van der Waals surface area contributed by atoms with E-state index >= 15 is 0 Å². The lowest BCUT2D eigenvalue weighted by atomic mass is 10.0. The highest BCUT2D eigenvalue weighted by atomic mass is 16.1. The molecule has 1 rings (SSSR count). The first-order valence-corrected chi connectivity index (χ1v) is 16.4. The SMILES string of the molecule is CCCCCCCCCCCCCCCC[N+](C)(C)Cc1cccc(C(=O)CCCCCCCCC)c1. The molecule has 0 saturated heterocycles. The van der Waals surface area contributed by atoms with Crippen molar-refractivity contribution in [3.05, 3.63) is 35.4 Å². The van der Waals surface area contributed by atoms with Gasteiger partial charge < -0.3 is 4.48 Å². The van der Waals surface area contributed by atoms with Crippen molar-refractivity contribution in [2.24, 2.45) is 0 Å². The van der Waals surface area contributed by atoms with Gasteiger partial charge in [-0.2, -0.15) is 0 Å². The molecule has 0 bridgehead atoms. The number of Topliss-reactive ketones (excluding diaryl/α,β-unsaturated/α-hetero) is 1. The maximum Gasteiger partial charge on any atom is 0.162 e. The van der Waals surface area contributed by atoms with Gasteiger partial charge in [0.15, 0.2) is 5.78 Å². The molecule has 0 unspecified atom stereocenters. The topological polar surface area (TPSA) is 17.1 Å². The van der Waals surface area contributed by atoms with E-state index in [-0.39, 0.29) is 0 Å². The summed E-state index contributed by atoms with van der Waals surface area (Å²) in [5.74, 6) is 0.327. The molecule has 2 heteroatoms. The van der Waals surface area contributed by atoms with Crippen molar-refractivity contribution in [1.82, 2.24) is 0 Å². The van der Waals surface area contributed by atoms with Crippen molar-refractivity contribution in [1.29, 1.82) is 0 Å². The fourth-order valence-electron chi connectivity index (χ4n) is 5.54. The monoisotopic (exact) mass is 514 g/mol. The molecule has 0 atom stereocenters. The summed E-state index contributed by atoms with van der Waals surface area (Å²) >= 11 is 0. The Morgan fingerprint density at radius 1 is 0.595 bits per heavy atom. The number of hydrogen-bond donors (Lipinski definition) is 0. The van der Waals surface area contributed by atoms with Crippen molar-refractivity contribution in [2.45, 2.75) is 162 Å². The van der Waals surface area contributed by atoms with Crippen LogP contribution in [-0.4, -0.2) is 30.9 Å². The van der Waals surface area contributed by atoms with Gasteiger partial charge in [0.2, 0.25) is 0 Å². The molecule has 37 heavy (non-hydrogen) atoms. The third-order valence-electron chi connectivity index (χ3n) is 7.98. The van der Waals surface area contributed by atoms with Crippen molar-refractivity contribution < 1.29 is 9.28 Å². The standard InChI is InChI=1S/C35H64NO/c1-5-7-9-11-13-14-15-16-17-18-19-21-23-25-30-36(3,4)32-33-27-26-28-34(31-33)35(37)29-24-22-20-12-10-8-6-2/h26-28,31H,5-25,29-30,32H2,1-4H3/q+1. The zero-order chi connectivity index (χ0) is 27.0. The van der Waals surface area contributed by atoms with E-state index in [9.17, 15) is 4.79 Å². The highest BCUT2D eigenvalue weighted by molar-refractivity contribution is 5.96. The van der Waals surface area contributed by atoms with Gasteiger partial charge in [-0.05, 0) is 25.3 Å². The van der Waals surface area contributed by atoms with Crippen LogP contribution in [0.5, 0.6) is 0 Å². The summed E-state index contributed by atoms with van der Waals surface area (Å²) in [7, 11) is 4.69. The highest BCUT2D eigenvalue weighted by Gasteiger charge is 2.16. The van der Waals surface area contributed by atoms with Crippen LogP contribution in [-0.2, 0) is 6.54 Å². The summed E-state index contributed by atoms with van der Waals surface area (Å²) < 4.78 is 1.01. The van der Waals surface area contributed by atoms with Gasteiger partial charge >= 0.3 is 0 Å². The Kier molecular flexibility index (Phi) is 20.9. The molecule has 0 aliphatic carbocycles. The highest BCUT2D eigenvalue weighted by Crippen LogP contribution is 2.17. The average Bonchev–Trinajstić information content (AvgIpc) is 2.88. The lowest BCUT2D eigenvalue weighted by Gasteiger charge is -2.30. The number of nitrogens with zero attached hydrogens (tertiary/aromatic N) is 1. The molecule has 0 amide bonds. The van der Waals surface area contributed by atoms with Crippen LogP contribution in [0.25, 0.3) is 0 Å². The zero-order valence-electron chi connectivity index (χ0n) is 25.6. The van der Waals surface area contributed by atoms with E-state index < -0.39 is 0 Å². The fraction of sp³-hybridized carbons (Fsp3) is 0.800. The summed E-state index contributed by atoms with van der Waals surface area (Å²) in [5, 5.41) is 0. The fourth-order valence-corrected chi connectivity index (χ4v) is 5.54. The van der Waals surface area contributed by atoms with E-state index in [1.807, 2.05) is 6.07 Å². The molecular weight excluding hydrogens is 450 g/mol. The molecule has 0 saturated carbocycles. The second-order valence-corrected chi connectivity index (χ2v) is 12.4. The van der Waals surface area contributed by atoms with Crippen molar-refractivity contribution >= 4 is 5.78 Å². The number of unbranched alkanes of at least 4 members (excludes halogenated alkanes) is 19. The number of hydrogen-bond acceptors (Lipinski definition) is 1. The molecule has 0 heterocycles. The summed E-state index contributed by atoms with van der Waals surface area (Å²) in [5.41, 5.74) is 2.22. The molecule has 0 aliphatic heterocycles. The molecule has 1 aromatic rings. The molecule has 0 aliphatic rings. The van der Waals surface area contributed by atoms with Crippen LogP contribution >= 0.6 is 0 Å². The Morgan fingerprint density at radius 3 is 1.51 bits per heavy atom. The van der Waals surface area contributed by atoms with Gasteiger partial charge in [-0.3, -0.25) is 4.79 Å². The zero-order valence-corrected chi connectivity index (χ0v) is 25.6. The van der Waals surface area contributed by atoms with Gasteiger partial charge in [0, 0.05) is 17.5 Å². The molecule has 2 nitrogen and oxygen atoms in total. The molecule has 0 N–H and O–H groups in total. The number of rotatable bonds is 26. The lowest BCUT2D eigenvalue weighted by Crippen LogP contribution is -2.39. The minimum Gasteiger partial charge on any atom is -0.325 e. The Hall–Kier alpha value is -1.15. The van der Waals surface area contributed by atoms with Gasteiger partial charge in [0.1, 0.15) is 6.54 Å². The third-order valence-corrected chi connectivity index (χ3v) is 7.98. The van der Waals surface area contributed by atoms with Crippen LogP contribution < -0.4 is 0 Å². The Bertz CT molecular complexity index is 665. The van der Waals surface area contributed by atoms with Crippen LogP contribution in [0.15, 0.2) is 24.3 Å². The maximum atomic E-state index is 12.7. The van der Waals surface area contributed by atoms with Crippen LogP contribution in [0.3, 0.4) is 0 Å². The number of quaternary nitrogens is 1. The lowest BCUT2D eigenvalue weighted by molar-refractivity contribution is -0.903. The van der Waals surface area contributed by atoms with E-state index in [1.54, 1.807) is 0 Å². The van der Waals surface area contributed by atoms with E-state index in [0.717, 1.165) is 23.0 Å². The number of carbonyl (C=O) groups is 1. The normalized spacial score (nSPS) is 11.8. The quantitative estimate of drug-likeness (QED) is 0.0682. The number of ketones is 1. The number of benzene rings is 1. The van der Waals surface area contributed by atoms with Gasteiger partial charge in [0.05, 0.1) is 20.6 Å². The van der Waals surface area contributed by atoms with Gasteiger partial charge in [-0.15, -0.1) is 0 Å². The predicted octanol–water partition coefficient (Wildman–Crippen LogP) is 11.1. The van der Waals surface area contributed by atoms with E-state index in [4.69, 9.17) is 0 Å². The first-order valence-electron chi connectivity index (χ1n) is 16.4. The van der Waals surface area contributed by atoms with Crippen molar-refractivity contribution in [3.8, 4) is 0 Å². The van der Waals surface area contributed by atoms with Crippen molar-refractivity contribution in [2.75, 3.05) is 20.6 Å². The van der Waals surface area contributed by atoms with E-state index in [1.165, 1.54) is 141 Å². The predicted molar refractivity (Wildman–Crippen MR) is 164 cm³/mol. The summed E-state index contributed by atoms with van der Waals surface area (Å²) in [6.45, 7) is 6.78. The van der Waals surface area contributed by atoms with Gasteiger partial charge in [-0.1, -0.05) is 148 Å². The minimum absolute atomic E-state index is 0.327. The van der Waals surface area contributed by atoms with Gasteiger partial charge in [-0.25, -0.2) is 0 Å². The second kappa shape index (κ2) is 22.8. The van der Waals surface area contributed by atoms with Crippen LogP contribution in [0.2, 0.25) is 0 Å². The van der Waals surface area contributed by atoms with Gasteiger partial charge in [0.25, 0.3) is 0 Å². The van der Waals surface area contributed by atoms with Crippen LogP contribution in [0.4, 0.5) is 0 Å². The Labute approximate surface area is 232 Å². The second-order valence-electron chi connectivity index (χ2n) is 12.4. The van der Waals surface area contributed by atoms with Crippen molar-refractivity contribution in [3.63, 3.8) is 0 Å². The Balaban J connectivity index is 2.13. The molecule has 0 fully saturated rings. The summed E-state index contributed by atoms with van der Waals surface area (Å²) in [6, 6.07) is 8.46. The molecule has 1 aromatic carbocycles. The molecule has 0 spiro atoms. The van der Waals surface area contributed by atoms with Crippen LogP contribution in [0.1, 0.15) is 171 Å². The maximum absolute atomic E-state index is 12.7. The van der Waals surface area contributed by atoms with E-state index in [2.05, 4.69) is 46.1 Å². The number of carbonyl (C=O) groups excluding carboxylic acids is 1. The minimum atomic E-state index is 0.327. The Morgan fingerprint density at radius 2 is 1.03 bits per heavy atom. The first kappa shape index (κ1) is 33.9. The molecular formula is C35H64NO+. The molecule has 0 aromatic heterocycles. The smallest absolute Gasteiger partial charge is 0.162 e.